The van der Waals surface area contributed by atoms with E-state index in [1.165, 1.54) is 17.8 Å². The van der Waals surface area contributed by atoms with Gasteiger partial charge in [0.05, 0.1) is 12.2 Å². The van der Waals surface area contributed by atoms with Gasteiger partial charge in [-0.15, -0.1) is 0 Å². The first-order valence-electron chi connectivity index (χ1n) is 12.5. The molecule has 38 heavy (non-hydrogen) atoms. The molecule has 0 radical (unpaired) electrons. The summed E-state index contributed by atoms with van der Waals surface area (Å²) in [6.07, 6.45) is -2.72. The van der Waals surface area contributed by atoms with E-state index in [1.807, 2.05) is 13.0 Å². The molecular weight excluding hydrogens is 539 g/mol. The van der Waals surface area contributed by atoms with Crippen LogP contribution in [0, 0.1) is 0 Å². The zero-order valence-corrected chi connectivity index (χ0v) is 23.9. The van der Waals surface area contributed by atoms with E-state index in [0.717, 1.165) is 17.7 Å². The number of carbonyl (C=O) groups excluding carboxylic acids is 2. The van der Waals surface area contributed by atoms with Crippen LogP contribution in [0.4, 0.5) is 18.0 Å². The third kappa shape index (κ3) is 9.73. The number of amides is 1. The Hall–Kier alpha value is -2.39. The van der Waals surface area contributed by atoms with Crippen LogP contribution in [0.3, 0.4) is 0 Å². The van der Waals surface area contributed by atoms with Crippen LogP contribution in [-0.4, -0.2) is 29.8 Å². The van der Waals surface area contributed by atoms with Crippen molar-refractivity contribution in [3.05, 3.63) is 58.6 Å². The first-order valence-corrected chi connectivity index (χ1v) is 13.7. The Morgan fingerprint density at radius 2 is 1.68 bits per heavy atom. The van der Waals surface area contributed by atoms with Crippen LogP contribution in [-0.2, 0) is 26.9 Å². The molecule has 0 fully saturated rings. The van der Waals surface area contributed by atoms with Gasteiger partial charge in [0.25, 0.3) is 0 Å². The first-order chi connectivity index (χ1) is 17.7. The van der Waals surface area contributed by atoms with Gasteiger partial charge in [-0.2, -0.15) is 13.2 Å². The number of aryl methyl sites for hydroxylation is 1. The number of hydrogen-bond donors (Lipinski definition) is 1. The van der Waals surface area contributed by atoms with Crippen LogP contribution in [0.25, 0.3) is 0 Å². The lowest BCUT2D eigenvalue weighted by Crippen LogP contribution is -2.56. The number of esters is 1. The summed E-state index contributed by atoms with van der Waals surface area (Å²) < 4.78 is 49.8. The van der Waals surface area contributed by atoms with Gasteiger partial charge >= 0.3 is 18.2 Å². The summed E-state index contributed by atoms with van der Waals surface area (Å²) >= 11 is 7.69. The van der Waals surface area contributed by atoms with E-state index in [-0.39, 0.29) is 6.61 Å². The smallest absolute Gasteiger partial charge is 0.416 e. The average Bonchev–Trinajstić information content (AvgIpc) is 2.79. The van der Waals surface area contributed by atoms with Gasteiger partial charge in [0.2, 0.25) is 0 Å². The van der Waals surface area contributed by atoms with Crippen molar-refractivity contribution in [2.45, 2.75) is 93.8 Å². The number of nitrogens with one attached hydrogen (secondary N) is 1. The minimum Gasteiger partial charge on any atom is -0.464 e. The number of alkyl carbamates (subject to hydrolysis) is 1. The van der Waals surface area contributed by atoms with Gasteiger partial charge in [-0.25, -0.2) is 9.59 Å². The van der Waals surface area contributed by atoms with E-state index < -0.39 is 34.9 Å². The molecule has 0 spiro atoms. The zero-order chi connectivity index (χ0) is 28.6. The van der Waals surface area contributed by atoms with E-state index in [0.29, 0.717) is 46.9 Å². The summed E-state index contributed by atoms with van der Waals surface area (Å²) in [6, 6.07) is 10.5. The van der Waals surface area contributed by atoms with Crippen LogP contribution in [0.5, 0.6) is 0 Å². The largest absolute Gasteiger partial charge is 0.464 e. The summed E-state index contributed by atoms with van der Waals surface area (Å²) in [5, 5.41) is 3.24. The number of hydrogen-bond acceptors (Lipinski definition) is 5. The van der Waals surface area contributed by atoms with Crippen molar-refractivity contribution in [2.75, 3.05) is 6.61 Å². The molecule has 1 atom stereocenters. The Morgan fingerprint density at radius 1 is 1.00 bits per heavy atom. The van der Waals surface area contributed by atoms with Crippen molar-refractivity contribution in [1.29, 1.82) is 0 Å². The maximum atomic E-state index is 13.0. The van der Waals surface area contributed by atoms with E-state index >= 15 is 0 Å². The number of alkyl halides is 3. The second-order valence-electron chi connectivity index (χ2n) is 9.91. The van der Waals surface area contributed by atoms with Gasteiger partial charge in [-0.1, -0.05) is 48.8 Å². The van der Waals surface area contributed by atoms with E-state index in [9.17, 15) is 22.8 Å². The predicted octanol–water partition coefficient (Wildman–Crippen LogP) is 8.46. The Labute approximate surface area is 231 Å². The molecule has 0 aliphatic carbocycles. The fraction of sp³-hybridized carbons (Fsp3) is 0.500. The number of benzene rings is 2. The molecule has 0 bridgehead atoms. The summed E-state index contributed by atoms with van der Waals surface area (Å²) in [7, 11) is 0. The minimum atomic E-state index is -4.41. The lowest BCUT2D eigenvalue weighted by molar-refractivity contribution is -0.152. The van der Waals surface area contributed by atoms with Crippen molar-refractivity contribution in [3.8, 4) is 0 Å². The molecule has 0 aromatic heterocycles. The highest BCUT2D eigenvalue weighted by Gasteiger charge is 2.41. The number of halogens is 4. The monoisotopic (exact) mass is 573 g/mol. The molecule has 210 valence electrons. The maximum absolute atomic E-state index is 13.0. The van der Waals surface area contributed by atoms with Gasteiger partial charge in [0.1, 0.15) is 11.1 Å². The number of carbonyl (C=O) groups is 2. The first kappa shape index (κ1) is 31.8. The Kier molecular flexibility index (Phi) is 11.4. The quantitative estimate of drug-likeness (QED) is 0.273. The standard InChI is InChI=1S/C28H35ClF3NO4S/c1-6-15-27(24(34)36-7-2,33-25(35)37-26(3,4)5)16-9-10-19-13-14-22(18-23(19)29)38-21-12-8-11-20(17-21)28(30,31)32/h8,11-14,17-18H,6-7,9-10,15-16H2,1-5H3,(H,33,35)/t27-/m0/s1. The van der Waals surface area contributed by atoms with Gasteiger partial charge in [-0.05, 0) is 89.3 Å². The van der Waals surface area contributed by atoms with Crippen LogP contribution in [0.1, 0.15) is 71.4 Å². The lowest BCUT2D eigenvalue weighted by Gasteiger charge is -2.33. The Morgan fingerprint density at radius 3 is 2.26 bits per heavy atom. The van der Waals surface area contributed by atoms with Gasteiger partial charge in [0.15, 0.2) is 0 Å². The number of rotatable bonds is 11. The zero-order valence-electron chi connectivity index (χ0n) is 22.3. The highest BCUT2D eigenvalue weighted by Crippen LogP contribution is 2.36. The van der Waals surface area contributed by atoms with Gasteiger partial charge in [0, 0.05) is 14.8 Å². The number of ether oxygens (including phenoxy) is 2. The normalized spacial score (nSPS) is 13.5. The Balaban J connectivity index is 2.14. The molecule has 5 nitrogen and oxygen atoms in total. The third-order valence-corrected chi connectivity index (χ3v) is 6.89. The summed E-state index contributed by atoms with van der Waals surface area (Å²) in [4.78, 5) is 26.7. The molecule has 0 saturated carbocycles. The third-order valence-electron chi connectivity index (χ3n) is 5.55. The SMILES string of the molecule is CCC[C@@](CCCc1ccc(Sc2cccc(C(F)(F)F)c2)cc1Cl)(NC(=O)OC(C)(C)C)C(=O)OCC. The second-order valence-corrected chi connectivity index (χ2v) is 11.5. The topological polar surface area (TPSA) is 64.6 Å². The molecule has 2 aromatic carbocycles. The van der Waals surface area contributed by atoms with Gasteiger partial charge in [-0.3, -0.25) is 0 Å². The highest BCUT2D eigenvalue weighted by atomic mass is 35.5. The molecule has 10 heteroatoms. The van der Waals surface area contributed by atoms with Crippen molar-refractivity contribution in [2.24, 2.45) is 0 Å². The summed E-state index contributed by atoms with van der Waals surface area (Å²) in [6.45, 7) is 9.04. The van der Waals surface area contributed by atoms with E-state index in [4.69, 9.17) is 21.1 Å². The van der Waals surface area contributed by atoms with Crippen molar-refractivity contribution in [3.63, 3.8) is 0 Å². The van der Waals surface area contributed by atoms with Crippen LogP contribution in [0.2, 0.25) is 5.02 Å². The van der Waals surface area contributed by atoms with Gasteiger partial charge < -0.3 is 14.8 Å². The lowest BCUT2D eigenvalue weighted by atomic mass is 9.87. The molecule has 1 amide bonds. The van der Waals surface area contributed by atoms with Crippen LogP contribution < -0.4 is 5.32 Å². The molecule has 2 rings (SSSR count). The predicted molar refractivity (Wildman–Crippen MR) is 144 cm³/mol. The van der Waals surface area contributed by atoms with Crippen LogP contribution >= 0.6 is 23.4 Å². The molecule has 1 N–H and O–H groups in total. The molecule has 0 saturated heterocycles. The van der Waals surface area contributed by atoms with E-state index in [1.54, 1.807) is 45.9 Å². The summed E-state index contributed by atoms with van der Waals surface area (Å²) in [5.41, 5.74) is -1.84. The highest BCUT2D eigenvalue weighted by molar-refractivity contribution is 7.99. The Bertz CT molecular complexity index is 1100. The van der Waals surface area contributed by atoms with Crippen LogP contribution in [0.15, 0.2) is 52.3 Å². The summed E-state index contributed by atoms with van der Waals surface area (Å²) in [5.74, 6) is -0.508. The average molecular weight is 574 g/mol. The van der Waals surface area contributed by atoms with Crippen molar-refractivity contribution >= 4 is 35.4 Å². The molecule has 0 aliphatic rings. The maximum Gasteiger partial charge on any atom is 0.416 e. The minimum absolute atomic E-state index is 0.178. The molecule has 0 aliphatic heterocycles. The van der Waals surface area contributed by atoms with Crippen molar-refractivity contribution in [1.82, 2.24) is 5.32 Å². The fourth-order valence-electron chi connectivity index (χ4n) is 3.95. The molecule has 0 heterocycles. The fourth-order valence-corrected chi connectivity index (χ4v) is 5.20. The molecular formula is C28H35ClF3NO4S. The molecule has 2 aromatic rings. The van der Waals surface area contributed by atoms with E-state index in [2.05, 4.69) is 5.32 Å². The van der Waals surface area contributed by atoms with Crippen molar-refractivity contribution < 1.29 is 32.2 Å². The molecule has 0 unspecified atom stereocenters. The second kappa shape index (κ2) is 13.6.